The van der Waals surface area contributed by atoms with Gasteiger partial charge in [0.1, 0.15) is 5.75 Å². The highest BCUT2D eigenvalue weighted by Crippen LogP contribution is 2.27. The first kappa shape index (κ1) is 18.7. The molecule has 3 rings (SSSR count). The third-order valence-corrected chi connectivity index (χ3v) is 4.77. The maximum Gasteiger partial charge on any atom is 0.220 e. The lowest BCUT2D eigenvalue weighted by Gasteiger charge is -2.18. The Morgan fingerprint density at radius 1 is 0.815 bits per heavy atom. The minimum Gasteiger partial charge on any atom is -0.508 e. The maximum atomic E-state index is 12.2. The number of carbonyl (C=O) groups is 1. The fourth-order valence-corrected chi connectivity index (χ4v) is 3.31. The molecule has 0 aliphatic heterocycles. The molecule has 3 aromatic rings. The summed E-state index contributed by atoms with van der Waals surface area (Å²) in [6, 6.07) is 28.0. The van der Waals surface area contributed by atoms with E-state index < -0.39 is 0 Å². The highest BCUT2D eigenvalue weighted by atomic mass is 16.3. The van der Waals surface area contributed by atoms with Crippen LogP contribution in [0.4, 0.5) is 0 Å². The third-order valence-electron chi connectivity index (χ3n) is 4.77. The SMILES string of the molecule is O=C(CCc1ccccc1O)NCCC(c1ccccc1)c1ccccc1. The summed E-state index contributed by atoms with van der Waals surface area (Å²) in [4.78, 5) is 12.2. The Labute approximate surface area is 160 Å². The normalized spacial score (nSPS) is 10.7. The summed E-state index contributed by atoms with van der Waals surface area (Å²) in [5, 5.41) is 12.8. The predicted octanol–water partition coefficient (Wildman–Crippen LogP) is 4.66. The highest BCUT2D eigenvalue weighted by molar-refractivity contribution is 5.76. The molecule has 2 N–H and O–H groups in total. The number of aromatic hydroxyl groups is 1. The Kier molecular flexibility index (Phi) is 6.64. The van der Waals surface area contributed by atoms with Gasteiger partial charge in [0.25, 0.3) is 0 Å². The first-order chi connectivity index (χ1) is 13.2. The zero-order valence-electron chi connectivity index (χ0n) is 15.3. The molecule has 27 heavy (non-hydrogen) atoms. The van der Waals surface area contributed by atoms with Gasteiger partial charge in [0.2, 0.25) is 5.91 Å². The molecule has 0 aliphatic rings. The second kappa shape index (κ2) is 9.58. The number of rotatable bonds is 8. The molecule has 138 valence electrons. The van der Waals surface area contributed by atoms with Crippen LogP contribution >= 0.6 is 0 Å². The van der Waals surface area contributed by atoms with Gasteiger partial charge in [-0.25, -0.2) is 0 Å². The van der Waals surface area contributed by atoms with Crippen LogP contribution in [0.15, 0.2) is 84.9 Å². The summed E-state index contributed by atoms with van der Waals surface area (Å²) < 4.78 is 0. The fourth-order valence-electron chi connectivity index (χ4n) is 3.31. The smallest absolute Gasteiger partial charge is 0.220 e. The summed E-state index contributed by atoms with van der Waals surface area (Å²) in [6.45, 7) is 0.619. The molecule has 1 amide bonds. The van der Waals surface area contributed by atoms with Crippen molar-refractivity contribution in [3.05, 3.63) is 102 Å². The molecule has 0 saturated heterocycles. The molecule has 0 aliphatic carbocycles. The van der Waals surface area contributed by atoms with Crippen molar-refractivity contribution >= 4 is 5.91 Å². The lowest BCUT2D eigenvalue weighted by Crippen LogP contribution is -2.26. The molecule has 0 fully saturated rings. The molecule has 0 heterocycles. The number of amides is 1. The van der Waals surface area contributed by atoms with Gasteiger partial charge in [-0.2, -0.15) is 0 Å². The highest BCUT2D eigenvalue weighted by Gasteiger charge is 2.14. The van der Waals surface area contributed by atoms with Crippen molar-refractivity contribution in [2.75, 3.05) is 6.54 Å². The molecule has 3 aromatic carbocycles. The van der Waals surface area contributed by atoms with Gasteiger partial charge in [-0.05, 0) is 35.6 Å². The van der Waals surface area contributed by atoms with E-state index >= 15 is 0 Å². The summed E-state index contributed by atoms with van der Waals surface area (Å²) in [7, 11) is 0. The van der Waals surface area contributed by atoms with Crippen molar-refractivity contribution in [3.63, 3.8) is 0 Å². The van der Waals surface area contributed by atoms with Crippen LogP contribution < -0.4 is 5.32 Å². The van der Waals surface area contributed by atoms with E-state index in [-0.39, 0.29) is 17.6 Å². The topological polar surface area (TPSA) is 49.3 Å². The average molecular weight is 359 g/mol. The first-order valence-corrected chi connectivity index (χ1v) is 9.37. The zero-order valence-corrected chi connectivity index (χ0v) is 15.3. The van der Waals surface area contributed by atoms with Gasteiger partial charge >= 0.3 is 0 Å². The molecular formula is C24H25NO2. The van der Waals surface area contributed by atoms with Crippen LogP contribution in [-0.4, -0.2) is 17.6 Å². The van der Waals surface area contributed by atoms with Crippen LogP contribution in [0.25, 0.3) is 0 Å². The van der Waals surface area contributed by atoms with Gasteiger partial charge in [0.15, 0.2) is 0 Å². The van der Waals surface area contributed by atoms with Gasteiger partial charge in [0.05, 0.1) is 0 Å². The monoisotopic (exact) mass is 359 g/mol. The van der Waals surface area contributed by atoms with Crippen molar-refractivity contribution < 1.29 is 9.90 Å². The molecule has 0 spiro atoms. The van der Waals surface area contributed by atoms with Crippen LogP contribution in [0.3, 0.4) is 0 Å². The zero-order chi connectivity index (χ0) is 18.9. The third kappa shape index (κ3) is 5.45. The largest absolute Gasteiger partial charge is 0.508 e. The Morgan fingerprint density at radius 2 is 1.37 bits per heavy atom. The molecule has 0 aromatic heterocycles. The van der Waals surface area contributed by atoms with E-state index in [1.165, 1.54) is 11.1 Å². The van der Waals surface area contributed by atoms with Crippen molar-refractivity contribution in [3.8, 4) is 5.75 Å². The van der Waals surface area contributed by atoms with Crippen LogP contribution in [0.2, 0.25) is 0 Å². The molecular weight excluding hydrogens is 334 g/mol. The molecule has 0 radical (unpaired) electrons. The minimum atomic E-state index is 0.0122. The van der Waals surface area contributed by atoms with E-state index in [1.807, 2.05) is 24.3 Å². The van der Waals surface area contributed by atoms with Gasteiger partial charge < -0.3 is 10.4 Å². The standard InChI is InChI=1S/C24H25NO2/c26-23-14-8-7-13-21(23)15-16-24(27)25-18-17-22(19-9-3-1-4-10-19)20-11-5-2-6-12-20/h1-14,22,26H,15-18H2,(H,25,27). The minimum absolute atomic E-state index is 0.0122. The van der Waals surface area contributed by atoms with Crippen LogP contribution in [0.1, 0.15) is 35.4 Å². The molecule has 0 bridgehead atoms. The molecule has 0 atom stereocenters. The number of benzene rings is 3. The number of hydrogen-bond acceptors (Lipinski definition) is 2. The van der Waals surface area contributed by atoms with Gasteiger partial charge in [-0.15, -0.1) is 0 Å². The second-order valence-corrected chi connectivity index (χ2v) is 6.64. The Bertz CT molecular complexity index is 807. The van der Waals surface area contributed by atoms with Gasteiger partial charge in [-0.1, -0.05) is 78.9 Å². The number of para-hydroxylation sites is 1. The second-order valence-electron chi connectivity index (χ2n) is 6.64. The Balaban J connectivity index is 1.55. The molecule has 3 heteroatoms. The van der Waals surface area contributed by atoms with Crippen molar-refractivity contribution in [1.82, 2.24) is 5.32 Å². The van der Waals surface area contributed by atoms with E-state index in [9.17, 15) is 9.90 Å². The van der Waals surface area contributed by atoms with Crippen LogP contribution in [0, 0.1) is 0 Å². The van der Waals surface area contributed by atoms with Crippen LogP contribution in [-0.2, 0) is 11.2 Å². The lowest BCUT2D eigenvalue weighted by molar-refractivity contribution is -0.121. The number of nitrogens with one attached hydrogen (secondary N) is 1. The van der Waals surface area contributed by atoms with E-state index in [0.717, 1.165) is 12.0 Å². The summed E-state index contributed by atoms with van der Waals surface area (Å²) in [6.07, 6.45) is 1.76. The van der Waals surface area contributed by atoms with E-state index in [2.05, 4.69) is 53.8 Å². The van der Waals surface area contributed by atoms with Crippen molar-refractivity contribution in [2.24, 2.45) is 0 Å². The predicted molar refractivity (Wildman–Crippen MR) is 109 cm³/mol. The van der Waals surface area contributed by atoms with Gasteiger partial charge in [0, 0.05) is 18.9 Å². The first-order valence-electron chi connectivity index (χ1n) is 9.37. The lowest BCUT2D eigenvalue weighted by atomic mass is 9.88. The molecule has 0 saturated carbocycles. The van der Waals surface area contributed by atoms with Crippen molar-refractivity contribution in [1.29, 1.82) is 0 Å². The molecule has 0 unspecified atom stereocenters. The van der Waals surface area contributed by atoms with Gasteiger partial charge in [-0.3, -0.25) is 4.79 Å². The van der Waals surface area contributed by atoms with Crippen LogP contribution in [0.5, 0.6) is 5.75 Å². The van der Waals surface area contributed by atoms with Crippen molar-refractivity contribution in [2.45, 2.75) is 25.2 Å². The number of carbonyl (C=O) groups excluding carboxylic acids is 1. The molecule has 3 nitrogen and oxygen atoms in total. The maximum absolute atomic E-state index is 12.2. The fraction of sp³-hybridized carbons (Fsp3) is 0.208. The number of aryl methyl sites for hydroxylation is 1. The van der Waals surface area contributed by atoms with E-state index in [4.69, 9.17) is 0 Å². The Hall–Kier alpha value is -3.07. The summed E-state index contributed by atoms with van der Waals surface area (Å²) in [5.41, 5.74) is 3.32. The summed E-state index contributed by atoms with van der Waals surface area (Å²) in [5.74, 6) is 0.516. The number of phenolic OH excluding ortho intramolecular Hbond substituents is 1. The summed E-state index contributed by atoms with van der Waals surface area (Å²) >= 11 is 0. The Morgan fingerprint density at radius 3 is 1.96 bits per heavy atom. The van der Waals surface area contributed by atoms with E-state index in [1.54, 1.807) is 12.1 Å². The quantitative estimate of drug-likeness (QED) is 0.614. The number of phenols is 1. The average Bonchev–Trinajstić information content (AvgIpc) is 2.72. The number of hydrogen-bond donors (Lipinski definition) is 2. The van der Waals surface area contributed by atoms with E-state index in [0.29, 0.717) is 19.4 Å².